The lowest BCUT2D eigenvalue weighted by atomic mass is 10.1. The van der Waals surface area contributed by atoms with Gasteiger partial charge in [0, 0.05) is 29.0 Å². The Hall–Kier alpha value is -1.03. The highest BCUT2D eigenvalue weighted by atomic mass is 35.5. The van der Waals surface area contributed by atoms with Gasteiger partial charge in [0.1, 0.15) is 5.82 Å². The van der Waals surface area contributed by atoms with Crippen LogP contribution in [0.4, 0.5) is 0 Å². The Morgan fingerprint density at radius 3 is 2.75 bits per heavy atom. The van der Waals surface area contributed by atoms with E-state index in [1.54, 1.807) is 6.07 Å². The van der Waals surface area contributed by atoms with Gasteiger partial charge in [-0.2, -0.15) is 0 Å². The topological polar surface area (TPSA) is 29.9 Å². The Balaban J connectivity index is 2.41. The minimum absolute atomic E-state index is 0.0188. The first-order valence-electron chi connectivity index (χ1n) is 6.86. The van der Waals surface area contributed by atoms with Crippen LogP contribution in [0, 0.1) is 0 Å². The Kier molecular flexibility index (Phi) is 5.46. The van der Waals surface area contributed by atoms with Gasteiger partial charge in [-0.3, -0.25) is 0 Å². The number of aromatic nitrogens is 2. The van der Waals surface area contributed by atoms with E-state index in [0.717, 1.165) is 30.9 Å². The predicted molar refractivity (Wildman–Crippen MR) is 84.5 cm³/mol. The Bertz CT molecular complexity index is 566. The minimum atomic E-state index is -0.0188. The van der Waals surface area contributed by atoms with Crippen LogP contribution in [-0.2, 0) is 6.54 Å². The van der Waals surface area contributed by atoms with Crippen molar-refractivity contribution in [1.29, 1.82) is 0 Å². The fourth-order valence-corrected chi connectivity index (χ4v) is 2.73. The maximum absolute atomic E-state index is 6.35. The van der Waals surface area contributed by atoms with Crippen LogP contribution in [0.15, 0.2) is 30.6 Å². The molecule has 0 bridgehead atoms. The summed E-state index contributed by atoms with van der Waals surface area (Å²) in [6, 6.07) is 5.59. The molecular formula is C15H19Cl2N3. The van der Waals surface area contributed by atoms with Crippen molar-refractivity contribution in [2.75, 3.05) is 6.54 Å². The highest BCUT2D eigenvalue weighted by Crippen LogP contribution is 2.29. The molecule has 0 saturated carbocycles. The average Bonchev–Trinajstić information content (AvgIpc) is 2.89. The van der Waals surface area contributed by atoms with E-state index in [9.17, 15) is 0 Å². The number of aryl methyl sites for hydroxylation is 1. The van der Waals surface area contributed by atoms with Gasteiger partial charge in [-0.25, -0.2) is 4.98 Å². The lowest BCUT2D eigenvalue weighted by molar-refractivity contribution is 0.542. The fourth-order valence-electron chi connectivity index (χ4n) is 2.21. The van der Waals surface area contributed by atoms with E-state index in [1.807, 2.05) is 24.5 Å². The summed E-state index contributed by atoms with van der Waals surface area (Å²) in [5.74, 6) is 0.977. The standard InChI is InChI=1S/C15H19Cl2N3/c1-3-7-18-14(15-19-8-9-20(15)4-2)12-6-5-11(16)10-13(12)17/h5-6,8-10,14,18H,3-4,7H2,1-2H3. The van der Waals surface area contributed by atoms with E-state index < -0.39 is 0 Å². The molecule has 1 aromatic carbocycles. The first-order chi connectivity index (χ1) is 9.67. The highest BCUT2D eigenvalue weighted by Gasteiger charge is 2.20. The van der Waals surface area contributed by atoms with Crippen LogP contribution < -0.4 is 5.32 Å². The molecule has 0 fully saturated rings. The molecular weight excluding hydrogens is 293 g/mol. The molecule has 0 aliphatic heterocycles. The summed E-state index contributed by atoms with van der Waals surface area (Å²) < 4.78 is 2.12. The molecule has 1 unspecified atom stereocenters. The van der Waals surface area contributed by atoms with Gasteiger partial charge in [0.2, 0.25) is 0 Å². The third-order valence-corrected chi connectivity index (χ3v) is 3.78. The second-order valence-electron chi connectivity index (χ2n) is 4.62. The van der Waals surface area contributed by atoms with Crippen LogP contribution in [0.25, 0.3) is 0 Å². The van der Waals surface area contributed by atoms with Crippen LogP contribution in [0.3, 0.4) is 0 Å². The summed E-state index contributed by atoms with van der Waals surface area (Å²) in [6.07, 6.45) is 4.86. The van der Waals surface area contributed by atoms with E-state index in [0.29, 0.717) is 10.0 Å². The number of halogens is 2. The van der Waals surface area contributed by atoms with E-state index in [4.69, 9.17) is 23.2 Å². The molecule has 0 radical (unpaired) electrons. The molecule has 0 spiro atoms. The van der Waals surface area contributed by atoms with Crippen LogP contribution in [0.2, 0.25) is 10.0 Å². The van der Waals surface area contributed by atoms with Crippen LogP contribution in [0.1, 0.15) is 37.7 Å². The second-order valence-corrected chi connectivity index (χ2v) is 5.47. The van der Waals surface area contributed by atoms with Gasteiger partial charge < -0.3 is 9.88 Å². The smallest absolute Gasteiger partial charge is 0.130 e. The summed E-state index contributed by atoms with van der Waals surface area (Å²) in [6.45, 7) is 6.02. The summed E-state index contributed by atoms with van der Waals surface area (Å²) in [5.41, 5.74) is 1.01. The van der Waals surface area contributed by atoms with Gasteiger partial charge in [0.25, 0.3) is 0 Å². The summed E-state index contributed by atoms with van der Waals surface area (Å²) >= 11 is 12.3. The zero-order valence-electron chi connectivity index (χ0n) is 11.7. The largest absolute Gasteiger partial charge is 0.334 e. The number of benzene rings is 1. The zero-order valence-corrected chi connectivity index (χ0v) is 13.2. The van der Waals surface area contributed by atoms with Crippen LogP contribution >= 0.6 is 23.2 Å². The van der Waals surface area contributed by atoms with Gasteiger partial charge in [-0.05, 0) is 37.6 Å². The number of imidazole rings is 1. The normalized spacial score (nSPS) is 12.6. The third-order valence-electron chi connectivity index (χ3n) is 3.22. The summed E-state index contributed by atoms with van der Waals surface area (Å²) in [5, 5.41) is 4.82. The highest BCUT2D eigenvalue weighted by molar-refractivity contribution is 6.35. The number of nitrogens with one attached hydrogen (secondary N) is 1. The van der Waals surface area contributed by atoms with E-state index >= 15 is 0 Å². The maximum atomic E-state index is 6.35. The van der Waals surface area contributed by atoms with Crippen molar-refractivity contribution in [3.8, 4) is 0 Å². The van der Waals surface area contributed by atoms with Gasteiger partial charge in [0.15, 0.2) is 0 Å². The van der Waals surface area contributed by atoms with E-state index in [2.05, 4.69) is 28.7 Å². The molecule has 20 heavy (non-hydrogen) atoms. The number of nitrogens with zero attached hydrogens (tertiary/aromatic N) is 2. The lowest BCUT2D eigenvalue weighted by Crippen LogP contribution is -2.26. The molecule has 1 N–H and O–H groups in total. The molecule has 0 aliphatic rings. The molecule has 0 amide bonds. The zero-order chi connectivity index (χ0) is 14.5. The quantitative estimate of drug-likeness (QED) is 0.862. The van der Waals surface area contributed by atoms with Crippen molar-refractivity contribution >= 4 is 23.2 Å². The van der Waals surface area contributed by atoms with Gasteiger partial charge in [0.05, 0.1) is 6.04 Å². The molecule has 5 heteroatoms. The number of hydrogen-bond acceptors (Lipinski definition) is 2. The number of hydrogen-bond donors (Lipinski definition) is 1. The van der Waals surface area contributed by atoms with Crippen LogP contribution in [-0.4, -0.2) is 16.1 Å². The molecule has 108 valence electrons. The monoisotopic (exact) mass is 311 g/mol. The van der Waals surface area contributed by atoms with Crippen molar-refractivity contribution in [1.82, 2.24) is 14.9 Å². The first kappa shape index (κ1) is 15.4. The maximum Gasteiger partial charge on any atom is 0.130 e. The van der Waals surface area contributed by atoms with Gasteiger partial charge in [-0.15, -0.1) is 0 Å². The van der Waals surface area contributed by atoms with Gasteiger partial charge >= 0.3 is 0 Å². The Morgan fingerprint density at radius 2 is 2.10 bits per heavy atom. The Labute approximate surface area is 129 Å². The van der Waals surface area contributed by atoms with Crippen molar-refractivity contribution in [3.05, 3.63) is 52.0 Å². The molecule has 1 aromatic heterocycles. The molecule has 0 saturated heterocycles. The van der Waals surface area contributed by atoms with E-state index in [1.165, 1.54) is 0 Å². The van der Waals surface area contributed by atoms with Crippen molar-refractivity contribution in [3.63, 3.8) is 0 Å². The number of rotatable bonds is 6. The average molecular weight is 312 g/mol. The molecule has 2 rings (SSSR count). The SMILES string of the molecule is CCCNC(c1ccc(Cl)cc1Cl)c1nccn1CC. The van der Waals surface area contributed by atoms with E-state index in [-0.39, 0.29) is 6.04 Å². The second kappa shape index (κ2) is 7.11. The molecule has 1 atom stereocenters. The van der Waals surface area contributed by atoms with Crippen LogP contribution in [0.5, 0.6) is 0 Å². The first-order valence-corrected chi connectivity index (χ1v) is 7.62. The lowest BCUT2D eigenvalue weighted by Gasteiger charge is -2.21. The van der Waals surface area contributed by atoms with Crippen molar-refractivity contribution < 1.29 is 0 Å². The molecule has 1 heterocycles. The fraction of sp³-hybridized carbons (Fsp3) is 0.400. The van der Waals surface area contributed by atoms with Crippen molar-refractivity contribution in [2.45, 2.75) is 32.9 Å². The molecule has 0 aliphatic carbocycles. The predicted octanol–water partition coefficient (Wildman–Crippen LogP) is 4.30. The minimum Gasteiger partial charge on any atom is -0.334 e. The van der Waals surface area contributed by atoms with Gasteiger partial charge in [-0.1, -0.05) is 36.2 Å². The summed E-state index contributed by atoms with van der Waals surface area (Å²) in [4.78, 5) is 4.49. The summed E-state index contributed by atoms with van der Waals surface area (Å²) in [7, 11) is 0. The molecule has 2 aromatic rings. The molecule has 3 nitrogen and oxygen atoms in total. The van der Waals surface area contributed by atoms with Crippen molar-refractivity contribution in [2.24, 2.45) is 0 Å². The third kappa shape index (κ3) is 3.35. The Morgan fingerprint density at radius 1 is 1.30 bits per heavy atom.